The Morgan fingerprint density at radius 1 is 1.00 bits per heavy atom. The van der Waals surface area contributed by atoms with Crippen LogP contribution in [0, 0.1) is 5.41 Å². The first-order valence-corrected chi connectivity index (χ1v) is 7.23. The number of rotatable bonds is 0. The molecule has 0 aromatic rings. The molecule has 2 saturated heterocycles. The Kier molecular flexibility index (Phi) is 5.76. The van der Waals surface area contributed by atoms with Gasteiger partial charge in [0.15, 0.2) is 17.4 Å². The third-order valence-electron chi connectivity index (χ3n) is 1.98. The fourth-order valence-electron chi connectivity index (χ4n) is 1.15. The van der Waals surface area contributed by atoms with Crippen molar-refractivity contribution in [3.8, 4) is 0 Å². The molecule has 2 heterocycles. The summed E-state index contributed by atoms with van der Waals surface area (Å²) in [4.78, 5) is 0. The van der Waals surface area contributed by atoms with E-state index in [2.05, 4.69) is 0 Å². The summed E-state index contributed by atoms with van der Waals surface area (Å²) in [6.07, 6.45) is 0. The first-order valence-electron chi connectivity index (χ1n) is 4.79. The van der Waals surface area contributed by atoms with E-state index in [0.29, 0.717) is 26.4 Å². The van der Waals surface area contributed by atoms with Crippen LogP contribution >= 0.6 is 17.4 Å². The van der Waals surface area contributed by atoms with E-state index >= 15 is 0 Å². The fraction of sp³-hybridized carbons (Fsp3) is 1.00. The lowest BCUT2D eigenvalue weighted by atomic mass is 9.93. The Morgan fingerprint density at radius 2 is 1.50 bits per heavy atom. The van der Waals surface area contributed by atoms with Crippen LogP contribution in [0.4, 0.5) is 0 Å². The van der Waals surface area contributed by atoms with Gasteiger partial charge in [-0.05, 0) is 0 Å². The molecule has 0 radical (unpaired) electrons. The van der Waals surface area contributed by atoms with Crippen molar-refractivity contribution in [3.05, 3.63) is 0 Å². The monoisotopic (exact) mass is 240 g/mol. The minimum Gasteiger partial charge on any atom is -0.335 e. The van der Waals surface area contributed by atoms with Crippen LogP contribution in [0.3, 0.4) is 0 Å². The molecule has 0 bridgehead atoms. The van der Waals surface area contributed by atoms with Gasteiger partial charge in [-0.25, -0.2) is 0 Å². The predicted octanol–water partition coefficient (Wildman–Crippen LogP) is 2.54. The van der Waals surface area contributed by atoms with Crippen LogP contribution in [0.2, 0.25) is 0 Å². The van der Waals surface area contributed by atoms with Crippen molar-refractivity contribution in [1.82, 2.24) is 0 Å². The Bertz CT molecular complexity index is 151. The lowest BCUT2D eigenvalue weighted by molar-refractivity contribution is -0.0481. The zero-order valence-corrected chi connectivity index (χ0v) is 10.8. The molecular weight excluding hydrogens is 222 g/mol. The van der Waals surface area contributed by atoms with Gasteiger partial charge in [-0.3, -0.25) is 0 Å². The second-order valence-corrected chi connectivity index (χ2v) is 5.29. The average molecular weight is 240 g/mol. The molecule has 0 saturated carbocycles. The van der Waals surface area contributed by atoms with Crippen molar-refractivity contribution in [3.63, 3.8) is 0 Å². The first kappa shape index (κ1) is 12.8. The standard InChI is InChI=1S/C6H12O4P2.C2H6/c1-12-9-4-6(5-10-12)2-7-11-8-3-6;1-2/h11H,2-5H2,1H3;1-2H3. The Hall–Kier alpha value is 0.700. The average Bonchev–Trinajstić information content (AvgIpc) is 2.27. The normalized spacial score (nSPS) is 39.2. The van der Waals surface area contributed by atoms with Gasteiger partial charge in [0.1, 0.15) is 0 Å². The highest BCUT2D eigenvalue weighted by Gasteiger charge is 2.39. The summed E-state index contributed by atoms with van der Waals surface area (Å²) in [5.74, 6) is 0. The highest BCUT2D eigenvalue weighted by Crippen LogP contribution is 2.45. The molecular formula is C8H18O4P2. The Labute approximate surface area is 88.5 Å². The molecule has 2 fully saturated rings. The van der Waals surface area contributed by atoms with Crippen molar-refractivity contribution >= 4 is 17.4 Å². The van der Waals surface area contributed by atoms with E-state index in [9.17, 15) is 0 Å². The summed E-state index contributed by atoms with van der Waals surface area (Å²) >= 11 is 0. The topological polar surface area (TPSA) is 36.9 Å². The zero-order valence-electron chi connectivity index (χ0n) is 8.91. The van der Waals surface area contributed by atoms with E-state index in [0.717, 1.165) is 0 Å². The largest absolute Gasteiger partial charge is 0.335 e. The van der Waals surface area contributed by atoms with Crippen LogP contribution in [-0.4, -0.2) is 33.1 Å². The van der Waals surface area contributed by atoms with Crippen molar-refractivity contribution in [2.75, 3.05) is 33.1 Å². The van der Waals surface area contributed by atoms with Gasteiger partial charge in [0.25, 0.3) is 0 Å². The van der Waals surface area contributed by atoms with Gasteiger partial charge in [-0.2, -0.15) is 0 Å². The molecule has 0 unspecified atom stereocenters. The second-order valence-electron chi connectivity index (χ2n) is 3.15. The van der Waals surface area contributed by atoms with Crippen LogP contribution in [0.25, 0.3) is 0 Å². The molecule has 0 aliphatic carbocycles. The van der Waals surface area contributed by atoms with Gasteiger partial charge in [0.05, 0.1) is 31.8 Å². The van der Waals surface area contributed by atoms with Gasteiger partial charge in [-0.1, -0.05) is 13.8 Å². The maximum Gasteiger partial charge on any atom is 0.167 e. The highest BCUT2D eigenvalue weighted by atomic mass is 31.2. The SMILES string of the molecule is CC.CP1OCC2(COPOC2)CO1. The zero-order chi connectivity index (χ0) is 10.4. The van der Waals surface area contributed by atoms with E-state index in [4.69, 9.17) is 18.1 Å². The molecule has 4 nitrogen and oxygen atoms in total. The molecule has 0 N–H and O–H groups in total. The van der Waals surface area contributed by atoms with Gasteiger partial charge in [0, 0.05) is 6.66 Å². The van der Waals surface area contributed by atoms with Crippen LogP contribution < -0.4 is 0 Å². The maximum atomic E-state index is 5.46. The van der Waals surface area contributed by atoms with E-state index in [1.807, 2.05) is 20.5 Å². The lowest BCUT2D eigenvalue weighted by Gasteiger charge is -2.39. The van der Waals surface area contributed by atoms with Crippen LogP contribution in [-0.2, 0) is 18.1 Å². The van der Waals surface area contributed by atoms with E-state index in [1.165, 1.54) is 0 Å². The summed E-state index contributed by atoms with van der Waals surface area (Å²) in [6.45, 7) is 8.79. The molecule has 0 amide bonds. The summed E-state index contributed by atoms with van der Waals surface area (Å²) in [6, 6.07) is 0. The van der Waals surface area contributed by atoms with Crippen LogP contribution in [0.5, 0.6) is 0 Å². The number of hydrogen-bond donors (Lipinski definition) is 0. The summed E-state index contributed by atoms with van der Waals surface area (Å²) in [5.41, 5.74) is -0.0277. The van der Waals surface area contributed by atoms with Crippen molar-refractivity contribution in [2.45, 2.75) is 13.8 Å². The quantitative estimate of drug-likeness (QED) is 0.610. The molecule has 6 heteroatoms. The van der Waals surface area contributed by atoms with Crippen molar-refractivity contribution < 1.29 is 18.1 Å². The Balaban J connectivity index is 0.000000461. The summed E-state index contributed by atoms with van der Waals surface area (Å²) < 4.78 is 21.4. The van der Waals surface area contributed by atoms with Crippen LogP contribution in [0.1, 0.15) is 13.8 Å². The van der Waals surface area contributed by atoms with Gasteiger partial charge in [-0.15, -0.1) is 0 Å². The molecule has 14 heavy (non-hydrogen) atoms. The highest BCUT2D eigenvalue weighted by molar-refractivity contribution is 7.46. The first-order chi connectivity index (χ1) is 6.81. The van der Waals surface area contributed by atoms with E-state index in [1.54, 1.807) is 0 Å². The van der Waals surface area contributed by atoms with Gasteiger partial charge < -0.3 is 18.1 Å². The molecule has 2 aliphatic heterocycles. The lowest BCUT2D eigenvalue weighted by Crippen LogP contribution is -2.43. The molecule has 0 atom stereocenters. The molecule has 84 valence electrons. The molecule has 0 aromatic heterocycles. The van der Waals surface area contributed by atoms with Gasteiger partial charge in [0.2, 0.25) is 0 Å². The third-order valence-corrected chi connectivity index (χ3v) is 3.49. The second kappa shape index (κ2) is 6.32. The Morgan fingerprint density at radius 3 is 2.00 bits per heavy atom. The summed E-state index contributed by atoms with van der Waals surface area (Å²) in [5, 5.41) is 0. The minimum absolute atomic E-state index is 0.0277. The third kappa shape index (κ3) is 3.37. The molecule has 1 spiro atoms. The fourth-order valence-corrected chi connectivity index (χ4v) is 2.95. The molecule has 2 rings (SSSR count). The van der Waals surface area contributed by atoms with Crippen LogP contribution in [0.15, 0.2) is 0 Å². The van der Waals surface area contributed by atoms with Gasteiger partial charge >= 0.3 is 0 Å². The van der Waals surface area contributed by atoms with E-state index in [-0.39, 0.29) is 14.4 Å². The van der Waals surface area contributed by atoms with E-state index < -0.39 is 8.38 Å². The smallest absolute Gasteiger partial charge is 0.167 e. The number of hydrogen-bond acceptors (Lipinski definition) is 4. The predicted molar refractivity (Wildman–Crippen MR) is 58.7 cm³/mol. The summed E-state index contributed by atoms with van der Waals surface area (Å²) in [7, 11) is -0.463. The van der Waals surface area contributed by atoms with Crippen molar-refractivity contribution in [2.24, 2.45) is 5.41 Å². The maximum absolute atomic E-state index is 5.46. The van der Waals surface area contributed by atoms with Crippen molar-refractivity contribution in [1.29, 1.82) is 0 Å². The minimum atomic E-state index is -0.651. The molecule has 0 aromatic carbocycles. The molecule has 2 aliphatic rings.